The summed E-state index contributed by atoms with van der Waals surface area (Å²) in [6.45, 7) is -2.94. The minimum atomic E-state index is -2.94. The molecule has 0 amide bonds. The number of aliphatic hydroxyl groups is 1. The molecule has 0 aliphatic carbocycles. The highest BCUT2D eigenvalue weighted by Crippen LogP contribution is 2.32. The molecule has 0 aliphatic heterocycles. The molecule has 2 aromatic rings. The number of aliphatic hydroxyl groups excluding tert-OH is 1. The fourth-order valence-corrected chi connectivity index (χ4v) is 2.57. The number of ether oxygens (including phenoxy) is 2. The first-order valence-electron chi connectivity index (χ1n) is 5.93. The van der Waals surface area contributed by atoms with Crippen molar-refractivity contribution in [3.05, 3.63) is 46.2 Å². The Morgan fingerprint density at radius 3 is 2.65 bits per heavy atom. The molecular formula is C14H14F2O3S. The molecule has 3 nitrogen and oxygen atoms in total. The minimum absolute atomic E-state index is 0.0785. The third-order valence-corrected chi connectivity index (χ3v) is 3.66. The van der Waals surface area contributed by atoms with E-state index in [4.69, 9.17) is 4.74 Å². The molecule has 0 saturated carbocycles. The predicted molar refractivity (Wildman–Crippen MR) is 72.6 cm³/mol. The van der Waals surface area contributed by atoms with Crippen LogP contribution in [0.3, 0.4) is 0 Å². The molecule has 0 aliphatic rings. The Hall–Kier alpha value is -1.66. The zero-order valence-electron chi connectivity index (χ0n) is 10.8. The van der Waals surface area contributed by atoms with E-state index < -0.39 is 12.7 Å². The van der Waals surface area contributed by atoms with Gasteiger partial charge in [0.2, 0.25) is 0 Å². The molecule has 0 radical (unpaired) electrons. The van der Waals surface area contributed by atoms with Gasteiger partial charge in [0.05, 0.1) is 13.2 Å². The van der Waals surface area contributed by atoms with Crippen LogP contribution in [-0.4, -0.2) is 18.8 Å². The van der Waals surface area contributed by atoms with Crippen LogP contribution < -0.4 is 9.47 Å². The zero-order valence-corrected chi connectivity index (χ0v) is 11.6. The molecule has 1 heterocycles. The van der Waals surface area contributed by atoms with Crippen molar-refractivity contribution in [2.45, 2.75) is 19.1 Å². The Labute approximate surface area is 119 Å². The SMILES string of the molecule is COc1ccc(C(O)Cc2cccs2)cc1OC(F)F. The van der Waals surface area contributed by atoms with E-state index in [1.807, 2.05) is 17.5 Å². The quantitative estimate of drug-likeness (QED) is 0.885. The van der Waals surface area contributed by atoms with Gasteiger partial charge in [0.15, 0.2) is 11.5 Å². The van der Waals surface area contributed by atoms with Gasteiger partial charge < -0.3 is 14.6 Å². The van der Waals surface area contributed by atoms with Crippen LogP contribution >= 0.6 is 11.3 Å². The standard InChI is InChI=1S/C14H14F2O3S/c1-18-12-5-4-9(7-13(12)19-14(15)16)11(17)8-10-3-2-6-20-10/h2-7,11,14,17H,8H2,1H3. The number of hydrogen-bond donors (Lipinski definition) is 1. The second-order valence-corrected chi connectivity index (χ2v) is 5.12. The van der Waals surface area contributed by atoms with Crippen molar-refractivity contribution in [1.29, 1.82) is 0 Å². The molecule has 20 heavy (non-hydrogen) atoms. The molecular weight excluding hydrogens is 286 g/mol. The van der Waals surface area contributed by atoms with E-state index in [2.05, 4.69) is 4.74 Å². The molecule has 2 rings (SSSR count). The Balaban J connectivity index is 2.18. The van der Waals surface area contributed by atoms with Crippen LogP contribution in [0.2, 0.25) is 0 Å². The highest BCUT2D eigenvalue weighted by atomic mass is 32.1. The van der Waals surface area contributed by atoms with Crippen LogP contribution in [0.5, 0.6) is 11.5 Å². The first kappa shape index (κ1) is 14.7. The molecule has 1 aromatic heterocycles. The summed E-state index contributed by atoms with van der Waals surface area (Å²) < 4.78 is 34.0. The Bertz CT molecular complexity index is 543. The zero-order chi connectivity index (χ0) is 14.5. The van der Waals surface area contributed by atoms with Crippen molar-refractivity contribution in [1.82, 2.24) is 0 Å². The minimum Gasteiger partial charge on any atom is -0.493 e. The number of rotatable bonds is 6. The average Bonchev–Trinajstić information content (AvgIpc) is 2.90. The Kier molecular flexibility index (Phi) is 4.92. The molecule has 0 spiro atoms. The summed E-state index contributed by atoms with van der Waals surface area (Å²) in [4.78, 5) is 1.02. The lowest BCUT2D eigenvalue weighted by atomic mass is 10.1. The average molecular weight is 300 g/mol. The van der Waals surface area contributed by atoms with E-state index in [1.54, 1.807) is 6.07 Å². The van der Waals surface area contributed by atoms with Crippen molar-refractivity contribution >= 4 is 11.3 Å². The summed E-state index contributed by atoms with van der Waals surface area (Å²) >= 11 is 1.53. The van der Waals surface area contributed by atoms with E-state index >= 15 is 0 Å². The van der Waals surface area contributed by atoms with E-state index in [0.717, 1.165) is 4.88 Å². The maximum absolute atomic E-state index is 12.3. The van der Waals surface area contributed by atoms with Crippen molar-refractivity contribution < 1.29 is 23.4 Å². The van der Waals surface area contributed by atoms with E-state index in [1.165, 1.54) is 30.6 Å². The summed E-state index contributed by atoms with van der Waals surface area (Å²) in [7, 11) is 1.37. The molecule has 0 fully saturated rings. The second-order valence-electron chi connectivity index (χ2n) is 4.09. The van der Waals surface area contributed by atoms with Gasteiger partial charge in [0.1, 0.15) is 0 Å². The number of halogens is 2. The summed E-state index contributed by atoms with van der Waals surface area (Å²) in [5, 5.41) is 12.1. The lowest BCUT2D eigenvalue weighted by molar-refractivity contribution is -0.0513. The van der Waals surface area contributed by atoms with Gasteiger partial charge in [-0.05, 0) is 29.1 Å². The molecule has 1 N–H and O–H groups in total. The lowest BCUT2D eigenvalue weighted by Crippen LogP contribution is -2.06. The summed E-state index contributed by atoms with van der Waals surface area (Å²) in [5.74, 6) is 0.127. The monoisotopic (exact) mass is 300 g/mol. The number of thiophene rings is 1. The summed E-state index contributed by atoms with van der Waals surface area (Å²) in [6, 6.07) is 8.32. The van der Waals surface area contributed by atoms with Crippen LogP contribution in [0.1, 0.15) is 16.5 Å². The largest absolute Gasteiger partial charge is 0.493 e. The van der Waals surface area contributed by atoms with Gasteiger partial charge in [-0.25, -0.2) is 0 Å². The number of methoxy groups -OCH3 is 1. The van der Waals surface area contributed by atoms with E-state index in [9.17, 15) is 13.9 Å². The fourth-order valence-electron chi connectivity index (χ4n) is 1.83. The van der Waals surface area contributed by atoms with Crippen molar-refractivity contribution in [2.24, 2.45) is 0 Å². The third kappa shape index (κ3) is 3.68. The van der Waals surface area contributed by atoms with E-state index in [0.29, 0.717) is 12.0 Å². The first-order chi connectivity index (χ1) is 9.60. The maximum atomic E-state index is 12.3. The lowest BCUT2D eigenvalue weighted by Gasteiger charge is -2.14. The van der Waals surface area contributed by atoms with Crippen molar-refractivity contribution in [3.8, 4) is 11.5 Å². The van der Waals surface area contributed by atoms with Crippen molar-refractivity contribution in [2.75, 3.05) is 7.11 Å². The smallest absolute Gasteiger partial charge is 0.387 e. The predicted octanol–water partition coefficient (Wildman–Crippen LogP) is 3.63. The van der Waals surface area contributed by atoms with Crippen LogP contribution in [0.25, 0.3) is 0 Å². The van der Waals surface area contributed by atoms with Gasteiger partial charge in [-0.3, -0.25) is 0 Å². The summed E-state index contributed by atoms with van der Waals surface area (Å²) in [6.07, 6.45) is -0.349. The summed E-state index contributed by atoms with van der Waals surface area (Å²) in [5.41, 5.74) is 0.509. The highest BCUT2D eigenvalue weighted by molar-refractivity contribution is 7.09. The molecule has 1 aromatic carbocycles. The normalized spacial score (nSPS) is 12.4. The van der Waals surface area contributed by atoms with Crippen LogP contribution in [-0.2, 0) is 6.42 Å². The highest BCUT2D eigenvalue weighted by Gasteiger charge is 2.15. The van der Waals surface area contributed by atoms with Crippen LogP contribution in [0.4, 0.5) is 8.78 Å². The fraction of sp³-hybridized carbons (Fsp3) is 0.286. The topological polar surface area (TPSA) is 38.7 Å². The molecule has 0 bridgehead atoms. The molecule has 108 valence electrons. The van der Waals surface area contributed by atoms with Gasteiger partial charge in [-0.2, -0.15) is 8.78 Å². The molecule has 6 heteroatoms. The number of hydrogen-bond acceptors (Lipinski definition) is 4. The van der Waals surface area contributed by atoms with Crippen molar-refractivity contribution in [3.63, 3.8) is 0 Å². The number of benzene rings is 1. The third-order valence-electron chi connectivity index (χ3n) is 2.76. The Morgan fingerprint density at radius 1 is 1.25 bits per heavy atom. The Morgan fingerprint density at radius 2 is 2.05 bits per heavy atom. The van der Waals surface area contributed by atoms with Crippen LogP contribution in [0.15, 0.2) is 35.7 Å². The number of alkyl halides is 2. The molecule has 1 unspecified atom stereocenters. The maximum Gasteiger partial charge on any atom is 0.387 e. The van der Waals surface area contributed by atoms with Gasteiger partial charge in [0, 0.05) is 11.3 Å². The van der Waals surface area contributed by atoms with Gasteiger partial charge in [0.25, 0.3) is 0 Å². The van der Waals surface area contributed by atoms with Gasteiger partial charge >= 0.3 is 6.61 Å². The van der Waals surface area contributed by atoms with Gasteiger partial charge in [-0.1, -0.05) is 12.1 Å². The molecule has 1 atom stereocenters. The first-order valence-corrected chi connectivity index (χ1v) is 6.81. The second kappa shape index (κ2) is 6.67. The van der Waals surface area contributed by atoms with Crippen LogP contribution in [0, 0.1) is 0 Å². The van der Waals surface area contributed by atoms with E-state index in [-0.39, 0.29) is 11.5 Å². The van der Waals surface area contributed by atoms with Gasteiger partial charge in [-0.15, -0.1) is 11.3 Å². The molecule has 0 saturated heterocycles.